The second kappa shape index (κ2) is 6.72. The van der Waals surface area contributed by atoms with Crippen LogP contribution in [0, 0.1) is 5.92 Å². The highest BCUT2D eigenvalue weighted by Crippen LogP contribution is 2.24. The van der Waals surface area contributed by atoms with Gasteiger partial charge in [-0.25, -0.2) is 4.98 Å². The van der Waals surface area contributed by atoms with Crippen molar-refractivity contribution in [1.82, 2.24) is 4.98 Å². The Kier molecular flexibility index (Phi) is 4.96. The molecule has 0 aliphatic heterocycles. The molecule has 1 aromatic heterocycles. The highest BCUT2D eigenvalue weighted by molar-refractivity contribution is 5.92. The molecule has 2 aromatic rings. The minimum atomic E-state index is -0.0146. The van der Waals surface area contributed by atoms with Gasteiger partial charge in [-0.3, -0.25) is 4.79 Å². The average Bonchev–Trinajstić information content (AvgIpc) is 2.88. The predicted molar refractivity (Wildman–Crippen MR) is 84.2 cm³/mol. The van der Waals surface area contributed by atoms with Crippen molar-refractivity contribution in [2.45, 2.75) is 39.5 Å². The zero-order chi connectivity index (χ0) is 15.4. The van der Waals surface area contributed by atoms with Crippen LogP contribution in [0.2, 0.25) is 0 Å². The third-order valence-corrected chi connectivity index (χ3v) is 3.57. The summed E-state index contributed by atoms with van der Waals surface area (Å²) in [6.07, 6.45) is 1.35. The topological polar surface area (TPSA) is 81.2 Å². The van der Waals surface area contributed by atoms with E-state index in [1.54, 1.807) is 0 Å². The Hall–Kier alpha value is -1.88. The van der Waals surface area contributed by atoms with Gasteiger partial charge in [0.15, 0.2) is 11.5 Å². The zero-order valence-electron chi connectivity index (χ0n) is 12.8. The molecule has 1 unspecified atom stereocenters. The van der Waals surface area contributed by atoms with Crippen molar-refractivity contribution in [3.8, 4) is 0 Å². The van der Waals surface area contributed by atoms with E-state index in [0.717, 1.165) is 23.2 Å². The van der Waals surface area contributed by atoms with Crippen LogP contribution in [-0.4, -0.2) is 17.4 Å². The van der Waals surface area contributed by atoms with Gasteiger partial charge >= 0.3 is 0 Å². The lowest BCUT2D eigenvalue weighted by Gasteiger charge is -2.11. The van der Waals surface area contributed by atoms with E-state index >= 15 is 0 Å². The molecule has 0 spiro atoms. The monoisotopic (exact) mass is 289 g/mol. The van der Waals surface area contributed by atoms with Crippen LogP contribution in [0.3, 0.4) is 0 Å². The van der Waals surface area contributed by atoms with Crippen molar-refractivity contribution in [2.24, 2.45) is 11.7 Å². The Labute approximate surface area is 124 Å². The van der Waals surface area contributed by atoms with Crippen molar-refractivity contribution in [1.29, 1.82) is 0 Å². The molecule has 5 nitrogen and oxygen atoms in total. The smallest absolute Gasteiger partial charge is 0.224 e. The SMILES string of the molecule is CCC(CN)CC(=O)Nc1ccc2oc(C(C)C)nc2c1. The molecule has 3 N–H and O–H groups in total. The van der Waals surface area contributed by atoms with Crippen molar-refractivity contribution in [2.75, 3.05) is 11.9 Å². The molecule has 1 amide bonds. The van der Waals surface area contributed by atoms with Crippen LogP contribution in [0.4, 0.5) is 5.69 Å². The fraction of sp³-hybridized carbons (Fsp3) is 0.500. The van der Waals surface area contributed by atoms with Crippen molar-refractivity contribution in [3.05, 3.63) is 24.1 Å². The predicted octanol–water partition coefficient (Wildman–Crippen LogP) is 3.26. The molecule has 114 valence electrons. The molecule has 5 heteroatoms. The summed E-state index contributed by atoms with van der Waals surface area (Å²) in [6, 6.07) is 5.51. The van der Waals surface area contributed by atoms with E-state index in [1.807, 2.05) is 39.0 Å². The van der Waals surface area contributed by atoms with Gasteiger partial charge in [-0.2, -0.15) is 0 Å². The molecule has 1 atom stereocenters. The molecule has 1 aromatic carbocycles. The molecular formula is C16H23N3O2. The number of nitrogens with one attached hydrogen (secondary N) is 1. The standard InChI is InChI=1S/C16H23N3O2/c1-4-11(9-17)7-15(20)18-12-5-6-14-13(8-12)19-16(21-14)10(2)3/h5-6,8,10-11H,4,7,9,17H2,1-3H3,(H,18,20). The quantitative estimate of drug-likeness (QED) is 0.855. The first-order chi connectivity index (χ1) is 10.0. The van der Waals surface area contributed by atoms with Crippen LogP contribution < -0.4 is 11.1 Å². The van der Waals surface area contributed by atoms with Crippen molar-refractivity contribution >= 4 is 22.7 Å². The van der Waals surface area contributed by atoms with Gasteiger partial charge in [0.25, 0.3) is 0 Å². The third kappa shape index (κ3) is 3.82. The molecule has 21 heavy (non-hydrogen) atoms. The molecular weight excluding hydrogens is 266 g/mol. The van der Waals surface area contributed by atoms with Crippen molar-refractivity contribution in [3.63, 3.8) is 0 Å². The van der Waals surface area contributed by atoms with Crippen molar-refractivity contribution < 1.29 is 9.21 Å². The van der Waals surface area contributed by atoms with E-state index < -0.39 is 0 Å². The number of carbonyl (C=O) groups excluding carboxylic acids is 1. The summed E-state index contributed by atoms with van der Waals surface area (Å²) in [5.41, 5.74) is 7.87. The number of amides is 1. The van der Waals surface area contributed by atoms with Crippen LogP contribution in [0.15, 0.2) is 22.6 Å². The van der Waals surface area contributed by atoms with Gasteiger partial charge in [0, 0.05) is 18.0 Å². The lowest BCUT2D eigenvalue weighted by Crippen LogP contribution is -2.21. The number of hydrogen-bond donors (Lipinski definition) is 2. The molecule has 0 fully saturated rings. The van der Waals surface area contributed by atoms with Gasteiger partial charge in [0.1, 0.15) is 5.52 Å². The van der Waals surface area contributed by atoms with Crippen LogP contribution in [0.25, 0.3) is 11.1 Å². The maximum Gasteiger partial charge on any atom is 0.224 e. The summed E-state index contributed by atoms with van der Waals surface area (Å²) >= 11 is 0. The lowest BCUT2D eigenvalue weighted by atomic mass is 10.0. The Morgan fingerprint density at radius 2 is 2.19 bits per heavy atom. The van der Waals surface area contributed by atoms with E-state index in [0.29, 0.717) is 18.9 Å². The van der Waals surface area contributed by atoms with Gasteiger partial charge in [-0.1, -0.05) is 27.2 Å². The fourth-order valence-corrected chi connectivity index (χ4v) is 2.14. The normalized spacial score (nSPS) is 12.8. The summed E-state index contributed by atoms with van der Waals surface area (Å²) < 4.78 is 5.65. The Morgan fingerprint density at radius 3 is 2.81 bits per heavy atom. The molecule has 2 rings (SSSR count). The number of anilines is 1. The molecule has 0 aliphatic carbocycles. The molecule has 0 bridgehead atoms. The summed E-state index contributed by atoms with van der Waals surface area (Å²) in [6.45, 7) is 6.64. The average molecular weight is 289 g/mol. The number of hydrogen-bond acceptors (Lipinski definition) is 4. The number of benzene rings is 1. The van der Waals surface area contributed by atoms with Gasteiger partial charge in [-0.15, -0.1) is 0 Å². The van der Waals surface area contributed by atoms with E-state index in [1.165, 1.54) is 0 Å². The molecule has 0 aliphatic rings. The maximum absolute atomic E-state index is 12.0. The largest absolute Gasteiger partial charge is 0.440 e. The maximum atomic E-state index is 12.0. The number of nitrogens with two attached hydrogens (primary N) is 1. The zero-order valence-corrected chi connectivity index (χ0v) is 12.8. The van der Waals surface area contributed by atoms with Gasteiger partial charge in [0.05, 0.1) is 0 Å². The number of fused-ring (bicyclic) bond motifs is 1. The first-order valence-electron chi connectivity index (χ1n) is 7.43. The van der Waals surface area contributed by atoms with Crippen LogP contribution in [-0.2, 0) is 4.79 Å². The summed E-state index contributed by atoms with van der Waals surface area (Å²) in [4.78, 5) is 16.4. The number of carbonyl (C=O) groups is 1. The number of oxazole rings is 1. The number of nitrogens with zero attached hydrogens (tertiary/aromatic N) is 1. The second-order valence-corrected chi connectivity index (χ2v) is 5.65. The lowest BCUT2D eigenvalue weighted by molar-refractivity contribution is -0.117. The summed E-state index contributed by atoms with van der Waals surface area (Å²) in [5, 5.41) is 2.90. The van der Waals surface area contributed by atoms with Crippen LogP contribution >= 0.6 is 0 Å². The summed E-state index contributed by atoms with van der Waals surface area (Å²) in [7, 11) is 0. The summed E-state index contributed by atoms with van der Waals surface area (Å²) in [5.74, 6) is 1.17. The molecule has 0 saturated carbocycles. The molecule has 0 saturated heterocycles. The van der Waals surface area contributed by atoms with E-state index in [2.05, 4.69) is 10.3 Å². The number of rotatable bonds is 6. The first kappa shape index (κ1) is 15.5. The van der Waals surface area contributed by atoms with E-state index in [-0.39, 0.29) is 17.7 Å². The van der Waals surface area contributed by atoms with Gasteiger partial charge in [-0.05, 0) is 30.7 Å². The van der Waals surface area contributed by atoms with Crippen LogP contribution in [0.1, 0.15) is 45.4 Å². The number of aromatic nitrogens is 1. The minimum Gasteiger partial charge on any atom is -0.440 e. The minimum absolute atomic E-state index is 0.0146. The molecule has 1 heterocycles. The van der Waals surface area contributed by atoms with E-state index in [9.17, 15) is 4.79 Å². The Bertz CT molecular complexity index is 615. The van der Waals surface area contributed by atoms with Gasteiger partial charge < -0.3 is 15.5 Å². The van der Waals surface area contributed by atoms with Crippen LogP contribution in [0.5, 0.6) is 0 Å². The van der Waals surface area contributed by atoms with Gasteiger partial charge in [0.2, 0.25) is 5.91 Å². The Balaban J connectivity index is 2.10. The van der Waals surface area contributed by atoms with E-state index in [4.69, 9.17) is 10.2 Å². The third-order valence-electron chi connectivity index (χ3n) is 3.57. The fourth-order valence-electron chi connectivity index (χ4n) is 2.14. The molecule has 0 radical (unpaired) electrons. The first-order valence-corrected chi connectivity index (χ1v) is 7.43. The highest BCUT2D eigenvalue weighted by Gasteiger charge is 2.13. The highest BCUT2D eigenvalue weighted by atomic mass is 16.3. The Morgan fingerprint density at radius 1 is 1.43 bits per heavy atom. The second-order valence-electron chi connectivity index (χ2n) is 5.65.